The van der Waals surface area contributed by atoms with Crippen LogP contribution in [0.3, 0.4) is 0 Å². The van der Waals surface area contributed by atoms with Crippen molar-refractivity contribution in [1.82, 2.24) is 9.88 Å². The number of pyridine rings is 1. The van der Waals surface area contributed by atoms with Gasteiger partial charge in [0.2, 0.25) is 0 Å². The Bertz CT molecular complexity index is 1210. The van der Waals surface area contributed by atoms with Gasteiger partial charge in [0.05, 0.1) is 5.69 Å². The molecule has 1 aliphatic carbocycles. The summed E-state index contributed by atoms with van der Waals surface area (Å²) in [5.74, 6) is 2.12. The number of anilines is 2. The third-order valence-electron chi connectivity index (χ3n) is 6.94. The summed E-state index contributed by atoms with van der Waals surface area (Å²) >= 11 is 7.71. The first-order valence-corrected chi connectivity index (χ1v) is 13.3. The summed E-state index contributed by atoms with van der Waals surface area (Å²) in [7, 11) is 0. The maximum atomic E-state index is 15.1. The fourth-order valence-electron chi connectivity index (χ4n) is 4.86. The van der Waals surface area contributed by atoms with Crippen LogP contribution in [0.1, 0.15) is 24.8 Å². The summed E-state index contributed by atoms with van der Waals surface area (Å²) in [5.41, 5.74) is 0.913. The highest BCUT2D eigenvalue weighted by Crippen LogP contribution is 2.48. The number of thiocarbonyl (C=S) groups is 1. The van der Waals surface area contributed by atoms with Crippen LogP contribution in [-0.4, -0.2) is 64.2 Å². The third kappa shape index (κ3) is 4.26. The number of hydrogen-bond acceptors (Lipinski definition) is 6. The zero-order valence-corrected chi connectivity index (χ0v) is 21.1. The Hall–Kier alpha value is -2.74. The first-order valence-electron chi connectivity index (χ1n) is 11.7. The molecule has 3 aliphatic rings. The van der Waals surface area contributed by atoms with E-state index < -0.39 is 11.4 Å². The molecule has 1 aromatic heterocycles. The van der Waals surface area contributed by atoms with Crippen molar-refractivity contribution in [3.8, 4) is 5.75 Å². The van der Waals surface area contributed by atoms with Crippen LogP contribution in [0.2, 0.25) is 0 Å². The Labute approximate surface area is 214 Å². The number of benzene rings is 1. The highest BCUT2D eigenvalue weighted by Gasteiger charge is 2.59. The molecule has 0 N–H and O–H groups in total. The third-order valence-corrected chi connectivity index (χ3v) is 8.24. The van der Waals surface area contributed by atoms with E-state index in [4.69, 9.17) is 23.5 Å². The van der Waals surface area contributed by atoms with Crippen LogP contribution in [0.4, 0.5) is 21.6 Å². The summed E-state index contributed by atoms with van der Waals surface area (Å²) in [4.78, 5) is 26.8. The number of nitrogens with zero attached hydrogens (tertiary/aromatic N) is 5. The fraction of sp³-hybridized carbons (Fsp3) is 0.440. The number of amides is 1. The van der Waals surface area contributed by atoms with Crippen molar-refractivity contribution in [3.05, 3.63) is 53.3 Å². The number of carbonyl (C=O) groups excluding carboxylic acids is 1. The lowest BCUT2D eigenvalue weighted by molar-refractivity contribution is -0.123. The molecule has 0 unspecified atom stereocenters. The van der Waals surface area contributed by atoms with E-state index in [1.807, 2.05) is 11.8 Å². The molecule has 7 nitrogen and oxygen atoms in total. The first kappa shape index (κ1) is 24.0. The van der Waals surface area contributed by atoms with Gasteiger partial charge in [-0.1, -0.05) is 6.57 Å². The van der Waals surface area contributed by atoms with E-state index in [9.17, 15) is 4.79 Å². The number of ether oxygens (including phenoxy) is 1. The van der Waals surface area contributed by atoms with E-state index >= 15 is 4.39 Å². The molecule has 0 bridgehead atoms. The Morgan fingerprint density at radius 2 is 2.03 bits per heavy atom. The minimum absolute atomic E-state index is 0.133. The number of rotatable bonds is 6. The van der Waals surface area contributed by atoms with Crippen molar-refractivity contribution in [2.75, 3.05) is 47.5 Å². The molecule has 2 aliphatic heterocycles. The summed E-state index contributed by atoms with van der Waals surface area (Å²) in [5, 5.41) is 0.294. The fourth-order valence-corrected chi connectivity index (χ4v) is 6.30. The number of carbonyl (C=O) groups is 1. The molecule has 1 aromatic carbocycles. The van der Waals surface area contributed by atoms with Gasteiger partial charge in [-0.25, -0.2) is 4.39 Å². The summed E-state index contributed by atoms with van der Waals surface area (Å²) in [6.07, 6.45) is 3.68. The molecular formula is C25H26FN5O2S2. The van der Waals surface area contributed by atoms with Crippen molar-refractivity contribution in [2.24, 2.45) is 0 Å². The second-order valence-corrected chi connectivity index (χ2v) is 10.6. The van der Waals surface area contributed by atoms with E-state index in [0.717, 1.165) is 37.6 Å². The zero-order valence-electron chi connectivity index (χ0n) is 19.5. The molecule has 3 fully saturated rings. The van der Waals surface area contributed by atoms with E-state index in [0.29, 0.717) is 47.3 Å². The van der Waals surface area contributed by atoms with Crippen molar-refractivity contribution in [3.63, 3.8) is 0 Å². The second kappa shape index (κ2) is 9.72. The van der Waals surface area contributed by atoms with Crippen molar-refractivity contribution < 1.29 is 13.9 Å². The molecule has 2 aromatic rings. The molecule has 3 heterocycles. The zero-order chi connectivity index (χ0) is 24.6. The number of aromatic nitrogens is 1. The predicted molar refractivity (Wildman–Crippen MR) is 140 cm³/mol. The number of thioether (sulfide) groups is 1. The van der Waals surface area contributed by atoms with Gasteiger partial charge < -0.3 is 14.5 Å². The van der Waals surface area contributed by atoms with E-state index in [1.54, 1.807) is 30.0 Å². The van der Waals surface area contributed by atoms with E-state index in [-0.39, 0.29) is 11.7 Å². The topological polar surface area (TPSA) is 53.3 Å². The van der Waals surface area contributed by atoms with Gasteiger partial charge in [0, 0.05) is 42.9 Å². The summed E-state index contributed by atoms with van der Waals surface area (Å²) in [6, 6.07) is 6.54. The lowest BCUT2D eigenvalue weighted by Gasteiger charge is -2.43. The molecule has 182 valence electrons. The smallest absolute Gasteiger partial charge is 0.272 e. The van der Waals surface area contributed by atoms with Crippen LogP contribution in [0.15, 0.2) is 30.5 Å². The van der Waals surface area contributed by atoms with Crippen LogP contribution in [0.25, 0.3) is 4.85 Å². The maximum absolute atomic E-state index is 15.1. The van der Waals surface area contributed by atoms with Crippen LogP contribution < -0.4 is 14.5 Å². The van der Waals surface area contributed by atoms with Crippen LogP contribution in [0, 0.1) is 19.3 Å². The van der Waals surface area contributed by atoms with Gasteiger partial charge in [-0.2, -0.15) is 11.8 Å². The van der Waals surface area contributed by atoms with Gasteiger partial charge in [0.1, 0.15) is 18.3 Å². The van der Waals surface area contributed by atoms with Crippen LogP contribution in [0.5, 0.6) is 5.75 Å². The van der Waals surface area contributed by atoms with Gasteiger partial charge in [-0.3, -0.25) is 14.6 Å². The van der Waals surface area contributed by atoms with Crippen molar-refractivity contribution in [2.45, 2.75) is 31.7 Å². The van der Waals surface area contributed by atoms with Crippen LogP contribution in [-0.2, 0) is 4.79 Å². The number of halogens is 1. The largest absolute Gasteiger partial charge is 0.489 e. The van der Waals surface area contributed by atoms with Crippen molar-refractivity contribution in [1.29, 1.82) is 0 Å². The Balaban J connectivity index is 1.37. The molecule has 35 heavy (non-hydrogen) atoms. The highest BCUT2D eigenvalue weighted by molar-refractivity contribution is 7.99. The molecule has 1 amide bonds. The standard InChI is InChI=1S/C25H26FN5O2S2/c1-17-14-19(16-28-22(17)27-2)30-23(32)25(6-3-7-25)31(24(30)34)18-4-5-21(20(26)15-18)33-11-8-29-9-12-35-13-10-29/h4-5,14-16H,3,6-13H2,1H3. The quantitative estimate of drug-likeness (QED) is 0.416. The minimum atomic E-state index is -0.815. The highest BCUT2D eigenvalue weighted by atomic mass is 32.2. The summed E-state index contributed by atoms with van der Waals surface area (Å²) < 4.78 is 20.8. The Morgan fingerprint density at radius 1 is 1.26 bits per heavy atom. The Kier molecular flexibility index (Phi) is 6.66. The minimum Gasteiger partial charge on any atom is -0.489 e. The van der Waals surface area contributed by atoms with Crippen LogP contribution >= 0.6 is 24.0 Å². The monoisotopic (exact) mass is 511 g/mol. The normalized spacial score (nSPS) is 19.7. The molecule has 1 spiro atoms. The number of aryl methyl sites for hydroxylation is 1. The van der Waals surface area contributed by atoms with Crippen molar-refractivity contribution >= 4 is 52.2 Å². The molecule has 0 radical (unpaired) electrons. The SMILES string of the molecule is [C-]#[N+]c1ncc(N2C(=O)C3(CCC3)N(c3ccc(OCCN4CCSCC4)c(F)c3)C2=S)cc1C. The van der Waals surface area contributed by atoms with Gasteiger partial charge in [-0.05, 0) is 62.2 Å². The molecular weight excluding hydrogens is 485 g/mol. The molecule has 10 heteroatoms. The predicted octanol–water partition coefficient (Wildman–Crippen LogP) is 4.57. The average molecular weight is 512 g/mol. The van der Waals surface area contributed by atoms with Gasteiger partial charge in [0.25, 0.3) is 11.7 Å². The maximum Gasteiger partial charge on any atom is 0.272 e. The Morgan fingerprint density at radius 3 is 2.66 bits per heavy atom. The molecule has 1 saturated carbocycles. The second-order valence-electron chi connectivity index (χ2n) is 9.01. The van der Waals surface area contributed by atoms with E-state index in [2.05, 4.69) is 14.7 Å². The van der Waals surface area contributed by atoms with E-state index in [1.165, 1.54) is 17.2 Å². The number of hydrogen-bond donors (Lipinski definition) is 0. The van der Waals surface area contributed by atoms with Gasteiger partial charge in [0.15, 0.2) is 16.7 Å². The van der Waals surface area contributed by atoms with Gasteiger partial charge >= 0.3 is 0 Å². The average Bonchev–Trinajstić information content (AvgIpc) is 3.07. The molecule has 5 rings (SSSR count). The summed E-state index contributed by atoms with van der Waals surface area (Å²) in [6.45, 7) is 12.3. The lowest BCUT2D eigenvalue weighted by Crippen LogP contribution is -2.55. The first-order chi connectivity index (χ1) is 16.9. The molecule has 2 saturated heterocycles. The lowest BCUT2D eigenvalue weighted by atomic mass is 9.75. The molecule has 0 atom stereocenters. The van der Waals surface area contributed by atoms with Gasteiger partial charge in [-0.15, -0.1) is 4.98 Å².